The van der Waals surface area contributed by atoms with Gasteiger partial charge in [-0.15, -0.1) is 0 Å². The molecule has 6 nitrogen and oxygen atoms in total. The second-order valence-corrected chi connectivity index (χ2v) is 7.12. The largest absolute Gasteiger partial charge is 0.497 e. The van der Waals surface area contributed by atoms with Crippen LogP contribution < -0.4 is 9.47 Å². The summed E-state index contributed by atoms with van der Waals surface area (Å²) in [6.07, 6.45) is 1.93. The second-order valence-electron chi connectivity index (χ2n) is 7.12. The fourth-order valence-corrected chi connectivity index (χ4v) is 4.11. The highest BCUT2D eigenvalue weighted by molar-refractivity contribution is 6.22. The maximum atomic E-state index is 12.9. The minimum Gasteiger partial charge on any atom is -0.497 e. The Balaban J connectivity index is 2.03. The summed E-state index contributed by atoms with van der Waals surface area (Å²) in [7, 11) is 4.63. The monoisotopic (exact) mass is 412 g/mol. The molecule has 2 aromatic carbocycles. The average Bonchev–Trinajstić information content (AvgIpc) is 3.18. The molecular formula is C25H20N2O4. The van der Waals surface area contributed by atoms with Crippen LogP contribution in [0, 0.1) is 0 Å². The first-order valence-corrected chi connectivity index (χ1v) is 9.79. The molecule has 154 valence electrons. The van der Waals surface area contributed by atoms with Gasteiger partial charge in [-0.25, -0.2) is 9.78 Å². The van der Waals surface area contributed by atoms with Gasteiger partial charge in [0.2, 0.25) is 0 Å². The first kappa shape index (κ1) is 18.9. The van der Waals surface area contributed by atoms with Crippen LogP contribution in [0.1, 0.15) is 10.4 Å². The molecule has 3 heterocycles. The van der Waals surface area contributed by atoms with E-state index in [4.69, 9.17) is 19.2 Å². The van der Waals surface area contributed by atoms with E-state index in [0.717, 1.165) is 38.6 Å². The summed E-state index contributed by atoms with van der Waals surface area (Å²) in [5.74, 6) is 0.933. The van der Waals surface area contributed by atoms with Crippen LogP contribution in [0.25, 0.3) is 38.6 Å². The van der Waals surface area contributed by atoms with Crippen molar-refractivity contribution in [3.8, 4) is 22.8 Å². The molecule has 5 rings (SSSR count). The Bertz CT molecular complexity index is 1450. The Kier molecular flexibility index (Phi) is 4.47. The van der Waals surface area contributed by atoms with Crippen LogP contribution in [-0.2, 0) is 4.74 Å². The van der Waals surface area contributed by atoms with Crippen molar-refractivity contribution < 1.29 is 19.0 Å². The van der Waals surface area contributed by atoms with Gasteiger partial charge in [-0.2, -0.15) is 0 Å². The number of ether oxygens (including phenoxy) is 3. The van der Waals surface area contributed by atoms with Gasteiger partial charge in [-0.1, -0.05) is 24.3 Å². The lowest BCUT2D eigenvalue weighted by Gasteiger charge is -2.11. The SMILES string of the molecule is COC(=O)c1c2c3ccccc3nc(-c3cc(OC)cc(OC)c3)c2n2ccccc12. The number of pyridine rings is 2. The van der Waals surface area contributed by atoms with Crippen molar-refractivity contribution in [2.24, 2.45) is 0 Å². The van der Waals surface area contributed by atoms with E-state index in [1.54, 1.807) is 14.2 Å². The molecule has 6 heteroatoms. The fourth-order valence-electron chi connectivity index (χ4n) is 4.11. The fraction of sp³-hybridized carbons (Fsp3) is 0.120. The third kappa shape index (κ3) is 2.87. The summed E-state index contributed by atoms with van der Waals surface area (Å²) < 4.78 is 18.1. The molecule has 31 heavy (non-hydrogen) atoms. The van der Waals surface area contributed by atoms with Crippen molar-refractivity contribution >= 4 is 33.3 Å². The molecule has 0 saturated carbocycles. The van der Waals surface area contributed by atoms with Gasteiger partial charge in [0.25, 0.3) is 0 Å². The topological polar surface area (TPSA) is 62.1 Å². The van der Waals surface area contributed by atoms with Crippen LogP contribution in [0.3, 0.4) is 0 Å². The number of hydrogen-bond donors (Lipinski definition) is 0. The Morgan fingerprint density at radius 3 is 2.32 bits per heavy atom. The standard InChI is InChI=1S/C25H20N2O4/c1-29-16-12-15(13-17(14-16)30-2)23-24-21(18-8-4-5-9-19(18)26-23)22(25(28)31-3)20-10-6-7-11-27(20)24/h4-14H,1-3H3. The van der Waals surface area contributed by atoms with Crippen LogP contribution in [0.4, 0.5) is 0 Å². The van der Waals surface area contributed by atoms with Gasteiger partial charge in [0.15, 0.2) is 0 Å². The first-order valence-electron chi connectivity index (χ1n) is 9.79. The van der Waals surface area contributed by atoms with E-state index in [2.05, 4.69) is 0 Å². The summed E-state index contributed by atoms with van der Waals surface area (Å²) in [5.41, 5.74) is 4.44. The maximum absolute atomic E-state index is 12.9. The van der Waals surface area contributed by atoms with Crippen molar-refractivity contribution in [2.45, 2.75) is 0 Å². The lowest BCUT2D eigenvalue weighted by Crippen LogP contribution is -2.01. The van der Waals surface area contributed by atoms with E-state index < -0.39 is 0 Å². The Labute approximate surface area is 178 Å². The highest BCUT2D eigenvalue weighted by Gasteiger charge is 2.24. The lowest BCUT2D eigenvalue weighted by atomic mass is 10.0. The van der Waals surface area contributed by atoms with E-state index in [9.17, 15) is 4.79 Å². The zero-order chi connectivity index (χ0) is 21.5. The molecule has 0 unspecified atom stereocenters. The average molecular weight is 412 g/mol. The van der Waals surface area contributed by atoms with Crippen LogP contribution >= 0.6 is 0 Å². The smallest absolute Gasteiger partial charge is 0.340 e. The van der Waals surface area contributed by atoms with Gasteiger partial charge in [0, 0.05) is 28.6 Å². The van der Waals surface area contributed by atoms with Gasteiger partial charge in [-0.05, 0) is 30.3 Å². The van der Waals surface area contributed by atoms with Crippen molar-refractivity contribution in [3.63, 3.8) is 0 Å². The molecule has 0 aliphatic heterocycles. The van der Waals surface area contributed by atoms with Crippen molar-refractivity contribution in [3.05, 3.63) is 72.4 Å². The molecule has 0 N–H and O–H groups in total. The summed E-state index contributed by atoms with van der Waals surface area (Å²) in [4.78, 5) is 17.9. The van der Waals surface area contributed by atoms with Gasteiger partial charge >= 0.3 is 5.97 Å². The molecular weight excluding hydrogens is 392 g/mol. The van der Waals surface area contributed by atoms with Gasteiger partial charge in [0.05, 0.1) is 49.1 Å². The predicted octanol–water partition coefficient (Wildman–Crippen LogP) is 5.11. The molecule has 0 aliphatic carbocycles. The number of esters is 1. The van der Waals surface area contributed by atoms with E-state index in [0.29, 0.717) is 17.1 Å². The molecule has 0 bridgehead atoms. The number of aromatic nitrogens is 2. The Hall–Kier alpha value is -4.06. The Morgan fingerprint density at radius 1 is 0.903 bits per heavy atom. The number of methoxy groups -OCH3 is 3. The molecule has 0 fully saturated rings. The molecule has 0 aliphatic rings. The van der Waals surface area contributed by atoms with Crippen molar-refractivity contribution in [1.82, 2.24) is 9.38 Å². The summed E-state index contributed by atoms with van der Waals surface area (Å²) in [6.45, 7) is 0. The molecule has 0 atom stereocenters. The molecule has 3 aromatic heterocycles. The minimum absolute atomic E-state index is 0.385. The molecule has 5 aromatic rings. The number of carbonyl (C=O) groups excluding carboxylic acids is 1. The van der Waals surface area contributed by atoms with Crippen molar-refractivity contribution in [2.75, 3.05) is 21.3 Å². The predicted molar refractivity (Wildman–Crippen MR) is 120 cm³/mol. The van der Waals surface area contributed by atoms with Crippen LogP contribution in [0.5, 0.6) is 11.5 Å². The number of benzene rings is 2. The third-order valence-corrected chi connectivity index (χ3v) is 5.49. The maximum Gasteiger partial charge on any atom is 0.340 e. The van der Waals surface area contributed by atoms with Gasteiger partial charge in [0.1, 0.15) is 11.5 Å². The van der Waals surface area contributed by atoms with Crippen LogP contribution in [0.15, 0.2) is 66.9 Å². The number of rotatable bonds is 4. The van der Waals surface area contributed by atoms with Crippen molar-refractivity contribution in [1.29, 1.82) is 0 Å². The number of nitrogens with zero attached hydrogens (tertiary/aromatic N) is 2. The number of hydrogen-bond acceptors (Lipinski definition) is 5. The van der Waals surface area contributed by atoms with E-state index in [1.165, 1.54) is 7.11 Å². The summed E-state index contributed by atoms with van der Waals surface area (Å²) in [5, 5.41) is 1.70. The highest BCUT2D eigenvalue weighted by Crippen LogP contribution is 2.40. The summed E-state index contributed by atoms with van der Waals surface area (Å²) >= 11 is 0. The van der Waals surface area contributed by atoms with E-state index in [-0.39, 0.29) is 5.97 Å². The Morgan fingerprint density at radius 2 is 1.61 bits per heavy atom. The quantitative estimate of drug-likeness (QED) is 0.384. The van der Waals surface area contributed by atoms with Gasteiger partial charge in [-0.3, -0.25) is 0 Å². The van der Waals surface area contributed by atoms with E-state index in [1.807, 2.05) is 71.3 Å². The summed E-state index contributed by atoms with van der Waals surface area (Å²) in [6, 6.07) is 19.2. The normalized spacial score (nSPS) is 11.2. The number of para-hydroxylation sites is 1. The first-order chi connectivity index (χ1) is 15.2. The van der Waals surface area contributed by atoms with Crippen LogP contribution in [0.2, 0.25) is 0 Å². The minimum atomic E-state index is -0.385. The lowest BCUT2D eigenvalue weighted by molar-refractivity contribution is 0.0605. The number of fused-ring (bicyclic) bond motifs is 5. The zero-order valence-electron chi connectivity index (χ0n) is 17.4. The number of carbonyl (C=O) groups is 1. The van der Waals surface area contributed by atoms with Gasteiger partial charge < -0.3 is 18.6 Å². The molecule has 0 spiro atoms. The molecule has 0 saturated heterocycles. The third-order valence-electron chi connectivity index (χ3n) is 5.49. The molecule has 0 radical (unpaired) electrons. The highest BCUT2D eigenvalue weighted by atomic mass is 16.5. The second kappa shape index (κ2) is 7.32. The van der Waals surface area contributed by atoms with E-state index >= 15 is 0 Å². The zero-order valence-corrected chi connectivity index (χ0v) is 17.4. The molecule has 0 amide bonds. The van der Waals surface area contributed by atoms with Crippen LogP contribution in [-0.4, -0.2) is 36.7 Å².